The van der Waals surface area contributed by atoms with E-state index in [9.17, 15) is 9.59 Å². The summed E-state index contributed by atoms with van der Waals surface area (Å²) < 4.78 is 0. The van der Waals surface area contributed by atoms with Crippen LogP contribution in [-0.4, -0.2) is 66.6 Å². The molecule has 3 N–H and O–H groups in total. The van der Waals surface area contributed by atoms with E-state index in [4.69, 9.17) is 0 Å². The third-order valence-electron chi connectivity index (χ3n) is 4.75. The van der Waals surface area contributed by atoms with E-state index in [1.807, 2.05) is 25.1 Å². The third-order valence-corrected chi connectivity index (χ3v) is 4.75. The third kappa shape index (κ3) is 5.64. The first-order valence-corrected chi connectivity index (χ1v) is 9.74. The molecule has 0 unspecified atom stereocenters. The number of urea groups is 1. The molecule has 0 spiro atoms. The highest BCUT2D eigenvalue weighted by atomic mass is 16.2. The fraction of sp³-hybridized carbons (Fsp3) is 0.400. The molecule has 1 saturated heterocycles. The molecule has 0 atom stereocenters. The maximum absolute atomic E-state index is 11.7. The van der Waals surface area contributed by atoms with Crippen molar-refractivity contribution in [3.63, 3.8) is 0 Å². The Labute approximate surface area is 170 Å². The number of hydrogen-bond acceptors (Lipinski definition) is 6. The van der Waals surface area contributed by atoms with Crippen LogP contribution in [0.2, 0.25) is 0 Å². The summed E-state index contributed by atoms with van der Waals surface area (Å²) >= 11 is 0. The number of nitrogens with one attached hydrogen (secondary N) is 3. The van der Waals surface area contributed by atoms with E-state index >= 15 is 0 Å². The van der Waals surface area contributed by atoms with Gasteiger partial charge in [0.15, 0.2) is 0 Å². The molecule has 3 rings (SSSR count). The lowest BCUT2D eigenvalue weighted by Gasteiger charge is -2.36. The molecular weight excluding hydrogens is 370 g/mol. The number of amides is 3. The van der Waals surface area contributed by atoms with Gasteiger partial charge in [-0.1, -0.05) is 0 Å². The van der Waals surface area contributed by atoms with Crippen LogP contribution in [0.4, 0.5) is 16.3 Å². The van der Waals surface area contributed by atoms with E-state index in [-0.39, 0.29) is 11.9 Å². The van der Waals surface area contributed by atoms with E-state index in [1.165, 1.54) is 0 Å². The lowest BCUT2D eigenvalue weighted by atomic mass is 10.2. The highest BCUT2D eigenvalue weighted by molar-refractivity contribution is 5.92. The van der Waals surface area contributed by atoms with Crippen molar-refractivity contribution in [3.05, 3.63) is 47.9 Å². The summed E-state index contributed by atoms with van der Waals surface area (Å²) in [6.45, 7) is 6.84. The molecule has 0 aromatic carbocycles. The molecule has 0 saturated carbocycles. The van der Waals surface area contributed by atoms with E-state index in [2.05, 4.69) is 35.7 Å². The van der Waals surface area contributed by atoms with Gasteiger partial charge >= 0.3 is 6.03 Å². The first kappa shape index (κ1) is 20.5. The van der Waals surface area contributed by atoms with Crippen molar-refractivity contribution in [3.8, 4) is 0 Å². The second-order valence-corrected chi connectivity index (χ2v) is 6.78. The van der Waals surface area contributed by atoms with Crippen LogP contribution in [0.25, 0.3) is 0 Å². The molecule has 3 heterocycles. The Morgan fingerprint density at radius 2 is 1.90 bits per heavy atom. The van der Waals surface area contributed by atoms with Gasteiger partial charge < -0.3 is 15.5 Å². The van der Waals surface area contributed by atoms with Crippen molar-refractivity contribution in [2.24, 2.45) is 0 Å². The number of nitrogens with zero attached hydrogens (tertiary/aromatic N) is 4. The van der Waals surface area contributed by atoms with Gasteiger partial charge in [-0.15, -0.1) is 0 Å². The zero-order valence-corrected chi connectivity index (χ0v) is 16.8. The molecule has 3 amide bonds. The SMILES string of the molecule is CCNC(=O)Nc1cc(CN2CCN(c3ccc(C(=O)NC)nc3)CC2)ccn1. The fourth-order valence-electron chi connectivity index (χ4n) is 3.22. The maximum atomic E-state index is 11.7. The monoisotopic (exact) mass is 397 g/mol. The standard InChI is InChI=1S/C20H27N7O2/c1-3-22-20(29)25-18-12-15(6-7-23-18)14-26-8-10-27(11-9-26)16-4-5-17(24-13-16)19(28)21-2/h4-7,12-13H,3,8-11,14H2,1-2H3,(H,21,28)(H2,22,23,25,29). The predicted octanol–water partition coefficient (Wildman–Crippen LogP) is 1.30. The Kier molecular flexibility index (Phi) is 6.96. The van der Waals surface area contributed by atoms with Crippen LogP contribution in [0.3, 0.4) is 0 Å². The van der Waals surface area contributed by atoms with Crippen molar-refractivity contribution >= 4 is 23.4 Å². The fourth-order valence-corrected chi connectivity index (χ4v) is 3.22. The lowest BCUT2D eigenvalue weighted by molar-refractivity contribution is 0.0958. The zero-order valence-electron chi connectivity index (χ0n) is 16.8. The lowest BCUT2D eigenvalue weighted by Crippen LogP contribution is -2.46. The second-order valence-electron chi connectivity index (χ2n) is 6.78. The summed E-state index contributed by atoms with van der Waals surface area (Å²) in [5.41, 5.74) is 2.55. The maximum Gasteiger partial charge on any atom is 0.320 e. The van der Waals surface area contributed by atoms with E-state index in [0.717, 1.165) is 44.0 Å². The van der Waals surface area contributed by atoms with Crippen LogP contribution in [0.15, 0.2) is 36.7 Å². The minimum Gasteiger partial charge on any atom is -0.368 e. The average Bonchev–Trinajstić information content (AvgIpc) is 2.74. The largest absolute Gasteiger partial charge is 0.368 e. The van der Waals surface area contributed by atoms with Crippen molar-refractivity contribution in [1.82, 2.24) is 25.5 Å². The van der Waals surface area contributed by atoms with Gasteiger partial charge in [-0.3, -0.25) is 15.0 Å². The smallest absolute Gasteiger partial charge is 0.320 e. The van der Waals surface area contributed by atoms with Crippen LogP contribution < -0.4 is 20.9 Å². The topological polar surface area (TPSA) is 102 Å². The molecule has 9 nitrogen and oxygen atoms in total. The number of rotatable bonds is 6. The molecule has 2 aromatic rings. The normalized spacial score (nSPS) is 14.3. The summed E-state index contributed by atoms with van der Waals surface area (Å²) in [5.74, 6) is 0.370. The zero-order chi connectivity index (χ0) is 20.6. The molecule has 2 aromatic heterocycles. The van der Waals surface area contributed by atoms with Gasteiger partial charge in [0.2, 0.25) is 0 Å². The number of carbonyl (C=O) groups is 2. The Morgan fingerprint density at radius 3 is 2.55 bits per heavy atom. The molecule has 154 valence electrons. The predicted molar refractivity (Wildman–Crippen MR) is 112 cm³/mol. The number of anilines is 2. The van der Waals surface area contributed by atoms with Crippen molar-refractivity contribution in [1.29, 1.82) is 0 Å². The summed E-state index contributed by atoms with van der Waals surface area (Å²) in [7, 11) is 1.60. The molecule has 0 aliphatic carbocycles. The Bertz CT molecular complexity index is 833. The van der Waals surface area contributed by atoms with E-state index in [0.29, 0.717) is 18.1 Å². The first-order chi connectivity index (χ1) is 14.1. The minimum absolute atomic E-state index is 0.181. The van der Waals surface area contributed by atoms with Gasteiger partial charge in [0.1, 0.15) is 11.5 Å². The molecule has 1 aliphatic heterocycles. The molecule has 29 heavy (non-hydrogen) atoms. The number of hydrogen-bond donors (Lipinski definition) is 3. The Hall–Kier alpha value is -3.20. The van der Waals surface area contributed by atoms with Crippen molar-refractivity contribution in [2.75, 3.05) is 50.0 Å². The second kappa shape index (κ2) is 9.83. The van der Waals surface area contributed by atoms with Gasteiger partial charge in [-0.25, -0.2) is 14.8 Å². The number of piperazine rings is 1. The minimum atomic E-state index is -0.248. The van der Waals surface area contributed by atoms with Crippen LogP contribution >= 0.6 is 0 Å². The van der Waals surface area contributed by atoms with Gasteiger partial charge in [0.05, 0.1) is 11.9 Å². The quantitative estimate of drug-likeness (QED) is 0.679. The summed E-state index contributed by atoms with van der Waals surface area (Å²) in [6.07, 6.45) is 3.47. The number of aromatic nitrogens is 2. The molecular formula is C20H27N7O2. The molecule has 9 heteroatoms. The van der Waals surface area contributed by atoms with Crippen molar-refractivity contribution in [2.45, 2.75) is 13.5 Å². The summed E-state index contributed by atoms with van der Waals surface area (Å²) in [6, 6.07) is 7.32. The van der Waals surface area contributed by atoms with Gasteiger partial charge in [0, 0.05) is 52.5 Å². The summed E-state index contributed by atoms with van der Waals surface area (Å²) in [4.78, 5) is 36.3. The Balaban J connectivity index is 1.52. The van der Waals surface area contributed by atoms with Crippen LogP contribution in [-0.2, 0) is 6.54 Å². The molecule has 0 bridgehead atoms. The first-order valence-electron chi connectivity index (χ1n) is 9.74. The molecule has 1 aliphatic rings. The van der Waals surface area contributed by atoms with Crippen LogP contribution in [0, 0.1) is 0 Å². The highest BCUT2D eigenvalue weighted by Gasteiger charge is 2.18. The molecule has 1 fully saturated rings. The number of pyridine rings is 2. The van der Waals surface area contributed by atoms with Gasteiger partial charge in [-0.05, 0) is 36.8 Å². The van der Waals surface area contributed by atoms with Gasteiger partial charge in [-0.2, -0.15) is 0 Å². The van der Waals surface area contributed by atoms with Crippen LogP contribution in [0.5, 0.6) is 0 Å². The Morgan fingerprint density at radius 1 is 1.10 bits per heavy atom. The van der Waals surface area contributed by atoms with Gasteiger partial charge in [0.25, 0.3) is 5.91 Å². The summed E-state index contributed by atoms with van der Waals surface area (Å²) in [5, 5.41) is 8.01. The van der Waals surface area contributed by atoms with E-state index < -0.39 is 0 Å². The van der Waals surface area contributed by atoms with Crippen molar-refractivity contribution < 1.29 is 9.59 Å². The highest BCUT2D eigenvalue weighted by Crippen LogP contribution is 2.17. The van der Waals surface area contributed by atoms with Crippen LogP contribution in [0.1, 0.15) is 23.0 Å². The average molecular weight is 397 g/mol. The number of carbonyl (C=O) groups excluding carboxylic acids is 2. The molecule has 0 radical (unpaired) electrons. The van der Waals surface area contributed by atoms with E-state index in [1.54, 1.807) is 25.5 Å².